The van der Waals surface area contributed by atoms with Crippen LogP contribution in [0.3, 0.4) is 0 Å². The molecule has 3 heterocycles. The van der Waals surface area contributed by atoms with Gasteiger partial charge in [0.25, 0.3) is 5.91 Å². The van der Waals surface area contributed by atoms with Crippen LogP contribution in [-0.4, -0.2) is 62.4 Å². The first-order valence-corrected chi connectivity index (χ1v) is 11.2. The molecular formula is C21H25F2N5O3S. The van der Waals surface area contributed by atoms with Crippen LogP contribution in [0.1, 0.15) is 23.2 Å². The molecule has 0 bridgehead atoms. The Balaban J connectivity index is 0.000000305. The maximum Gasteiger partial charge on any atom is 0.267 e. The molecule has 1 fully saturated rings. The SMILES string of the molecule is CN(CCO)S(=O)NC(=O)c1cnn2ccc(N3CCCC3)cc12.Fc1ccc(F)cc1. The molecule has 32 heavy (non-hydrogen) atoms. The normalized spacial score (nSPS) is 14.3. The molecule has 0 spiro atoms. The van der Waals surface area contributed by atoms with Crippen molar-refractivity contribution in [3.05, 3.63) is 66.0 Å². The fourth-order valence-corrected chi connectivity index (χ4v) is 3.85. The molecule has 0 aliphatic carbocycles. The third-order valence-corrected chi connectivity index (χ3v) is 6.01. The highest BCUT2D eigenvalue weighted by atomic mass is 32.2. The number of fused-ring (bicyclic) bond motifs is 1. The summed E-state index contributed by atoms with van der Waals surface area (Å²) in [6, 6.07) is 8.24. The van der Waals surface area contributed by atoms with Crippen LogP contribution < -0.4 is 9.62 Å². The Morgan fingerprint density at radius 3 is 2.41 bits per heavy atom. The van der Waals surface area contributed by atoms with Crippen molar-refractivity contribution < 1.29 is 22.9 Å². The zero-order valence-electron chi connectivity index (χ0n) is 17.6. The molecule has 0 radical (unpaired) electrons. The van der Waals surface area contributed by atoms with Crippen molar-refractivity contribution in [3.8, 4) is 0 Å². The van der Waals surface area contributed by atoms with Crippen LogP contribution >= 0.6 is 0 Å². The van der Waals surface area contributed by atoms with Crippen molar-refractivity contribution in [2.45, 2.75) is 12.8 Å². The predicted octanol–water partition coefficient (Wildman–Crippen LogP) is 2.13. The summed E-state index contributed by atoms with van der Waals surface area (Å²) in [6.07, 6.45) is 5.65. The van der Waals surface area contributed by atoms with E-state index in [1.807, 2.05) is 18.3 Å². The van der Waals surface area contributed by atoms with Crippen LogP contribution in [-0.2, 0) is 11.2 Å². The zero-order valence-corrected chi connectivity index (χ0v) is 18.4. The summed E-state index contributed by atoms with van der Waals surface area (Å²) in [5, 5.41) is 13.1. The Morgan fingerprint density at radius 2 is 1.81 bits per heavy atom. The number of halogens is 2. The summed E-state index contributed by atoms with van der Waals surface area (Å²) in [6.45, 7) is 2.11. The van der Waals surface area contributed by atoms with Gasteiger partial charge in [0.15, 0.2) is 11.2 Å². The van der Waals surface area contributed by atoms with Gasteiger partial charge in [-0.15, -0.1) is 0 Å². The van der Waals surface area contributed by atoms with E-state index in [-0.39, 0.29) is 13.2 Å². The Kier molecular flexibility index (Phi) is 8.26. The predicted molar refractivity (Wildman–Crippen MR) is 118 cm³/mol. The molecular weight excluding hydrogens is 440 g/mol. The van der Waals surface area contributed by atoms with E-state index in [2.05, 4.69) is 14.7 Å². The van der Waals surface area contributed by atoms with E-state index in [9.17, 15) is 17.8 Å². The number of benzene rings is 1. The van der Waals surface area contributed by atoms with Crippen molar-refractivity contribution in [2.24, 2.45) is 0 Å². The number of hydrogen-bond acceptors (Lipinski definition) is 5. The number of pyridine rings is 1. The van der Waals surface area contributed by atoms with Crippen LogP contribution in [0.2, 0.25) is 0 Å². The fourth-order valence-electron chi connectivity index (χ4n) is 3.18. The lowest BCUT2D eigenvalue weighted by Crippen LogP contribution is -2.37. The van der Waals surface area contributed by atoms with E-state index < -0.39 is 28.7 Å². The van der Waals surface area contributed by atoms with E-state index in [0.717, 1.165) is 43.0 Å². The smallest absolute Gasteiger partial charge is 0.267 e. The molecule has 0 saturated carbocycles. The van der Waals surface area contributed by atoms with Crippen molar-refractivity contribution >= 4 is 28.3 Å². The Hall–Kier alpha value is -2.89. The maximum absolute atomic E-state index is 12.4. The van der Waals surface area contributed by atoms with E-state index in [4.69, 9.17) is 5.11 Å². The van der Waals surface area contributed by atoms with Gasteiger partial charge in [-0.25, -0.2) is 21.8 Å². The minimum absolute atomic E-state index is 0.131. The lowest BCUT2D eigenvalue weighted by molar-refractivity contribution is 0.0982. The molecule has 1 amide bonds. The quantitative estimate of drug-likeness (QED) is 0.582. The first-order chi connectivity index (χ1) is 15.4. The number of carbonyl (C=O) groups excluding carboxylic acids is 1. The van der Waals surface area contributed by atoms with Gasteiger partial charge in [0.05, 0.1) is 23.9 Å². The summed E-state index contributed by atoms with van der Waals surface area (Å²) in [5.41, 5.74) is 2.12. The van der Waals surface area contributed by atoms with Gasteiger partial charge in [-0.3, -0.25) is 9.52 Å². The Bertz CT molecular complexity index is 1050. The number of nitrogens with zero attached hydrogens (tertiary/aromatic N) is 4. The van der Waals surface area contributed by atoms with Crippen molar-refractivity contribution in [1.82, 2.24) is 18.6 Å². The molecule has 8 nitrogen and oxygen atoms in total. The maximum atomic E-state index is 12.4. The topological polar surface area (TPSA) is 90.2 Å². The molecule has 1 aliphatic rings. The molecule has 1 unspecified atom stereocenters. The molecule has 2 aromatic heterocycles. The molecule has 4 rings (SSSR count). The number of carbonyl (C=O) groups is 1. The van der Waals surface area contributed by atoms with E-state index >= 15 is 0 Å². The van der Waals surface area contributed by atoms with E-state index in [1.54, 1.807) is 11.6 Å². The number of hydrogen-bond donors (Lipinski definition) is 2. The average Bonchev–Trinajstić information content (AvgIpc) is 3.46. The van der Waals surface area contributed by atoms with Crippen molar-refractivity contribution in [3.63, 3.8) is 0 Å². The highest BCUT2D eigenvalue weighted by molar-refractivity contribution is 7.81. The highest BCUT2D eigenvalue weighted by Crippen LogP contribution is 2.23. The second-order valence-electron chi connectivity index (χ2n) is 7.16. The summed E-state index contributed by atoms with van der Waals surface area (Å²) in [4.78, 5) is 14.7. The Labute approximate surface area is 187 Å². The van der Waals surface area contributed by atoms with Gasteiger partial charge >= 0.3 is 0 Å². The van der Waals surface area contributed by atoms with Crippen LogP contribution in [0.4, 0.5) is 14.5 Å². The lowest BCUT2D eigenvalue weighted by Gasteiger charge is -2.17. The second kappa shape index (κ2) is 11.1. The number of aliphatic hydroxyl groups is 1. The monoisotopic (exact) mass is 465 g/mol. The highest BCUT2D eigenvalue weighted by Gasteiger charge is 2.19. The Morgan fingerprint density at radius 1 is 1.19 bits per heavy atom. The number of nitrogens with one attached hydrogen (secondary N) is 1. The molecule has 2 N–H and O–H groups in total. The average molecular weight is 466 g/mol. The third-order valence-electron chi connectivity index (χ3n) is 4.90. The van der Waals surface area contributed by atoms with Gasteiger partial charge in [-0.2, -0.15) is 5.10 Å². The van der Waals surface area contributed by atoms with Gasteiger partial charge in [0.1, 0.15) is 11.6 Å². The summed E-state index contributed by atoms with van der Waals surface area (Å²) < 4.78 is 41.3. The summed E-state index contributed by atoms with van der Waals surface area (Å²) in [7, 11) is 1.56. The number of aliphatic hydroxyl groups excluding tert-OH is 1. The second-order valence-corrected chi connectivity index (χ2v) is 8.48. The molecule has 1 aliphatic heterocycles. The van der Waals surface area contributed by atoms with Gasteiger partial charge in [0.2, 0.25) is 0 Å². The van der Waals surface area contributed by atoms with E-state index in [1.165, 1.54) is 23.3 Å². The molecule has 1 atom stereocenters. The largest absolute Gasteiger partial charge is 0.395 e. The van der Waals surface area contributed by atoms with Crippen LogP contribution in [0.15, 0.2) is 48.8 Å². The minimum Gasteiger partial charge on any atom is -0.395 e. The van der Waals surface area contributed by atoms with Crippen LogP contribution in [0.25, 0.3) is 5.52 Å². The fraction of sp³-hybridized carbons (Fsp3) is 0.333. The number of anilines is 1. The van der Waals surface area contributed by atoms with Gasteiger partial charge in [0, 0.05) is 38.6 Å². The molecule has 1 saturated heterocycles. The van der Waals surface area contributed by atoms with Crippen LogP contribution in [0, 0.1) is 11.6 Å². The molecule has 1 aromatic carbocycles. The summed E-state index contributed by atoms with van der Waals surface area (Å²) >= 11 is -1.70. The van der Waals surface area contributed by atoms with Crippen LogP contribution in [0.5, 0.6) is 0 Å². The van der Waals surface area contributed by atoms with E-state index in [0.29, 0.717) is 11.1 Å². The minimum atomic E-state index is -1.70. The third kappa shape index (κ3) is 6.09. The standard InChI is InChI=1S/C15H21N5O3S.C6H4F2/c1-18(8-9-21)24(23)17-15(22)13-11-16-20-7-4-12(10-14(13)20)19-5-2-3-6-19;7-5-1-2-6(8)4-3-5/h4,7,10-11,21H,2-3,5-6,8-9H2,1H3,(H,17,22);1-4H. The number of amides is 1. The zero-order chi connectivity index (χ0) is 23.1. The molecule has 11 heteroatoms. The number of aromatic nitrogens is 2. The number of likely N-dealkylation sites (N-methyl/N-ethyl adjacent to an activating group) is 1. The van der Waals surface area contributed by atoms with Gasteiger partial charge in [-0.1, -0.05) is 0 Å². The first-order valence-electron chi connectivity index (χ1n) is 10.1. The first kappa shape index (κ1) is 23.8. The number of rotatable bonds is 6. The molecule has 172 valence electrons. The van der Waals surface area contributed by atoms with Gasteiger partial charge < -0.3 is 10.0 Å². The summed E-state index contributed by atoms with van der Waals surface area (Å²) in [5.74, 6) is -1.27. The van der Waals surface area contributed by atoms with Crippen molar-refractivity contribution in [1.29, 1.82) is 0 Å². The van der Waals surface area contributed by atoms with Gasteiger partial charge in [-0.05, 0) is 49.2 Å². The molecule has 3 aromatic rings. The van der Waals surface area contributed by atoms with Crippen molar-refractivity contribution in [2.75, 3.05) is 38.2 Å². The lowest BCUT2D eigenvalue weighted by atomic mass is 10.2.